The van der Waals surface area contributed by atoms with Crippen LogP contribution in [0.5, 0.6) is 0 Å². The van der Waals surface area contributed by atoms with Crippen LogP contribution in [-0.4, -0.2) is 16.3 Å². The summed E-state index contributed by atoms with van der Waals surface area (Å²) < 4.78 is 1.92. The van der Waals surface area contributed by atoms with Crippen molar-refractivity contribution >= 4 is 0 Å². The molecule has 3 nitrogen and oxygen atoms in total. The lowest BCUT2D eigenvalue weighted by molar-refractivity contribution is 0.604. The highest BCUT2D eigenvalue weighted by atomic mass is 15.3. The van der Waals surface area contributed by atoms with Crippen LogP contribution in [-0.2, 0) is 13.6 Å². The minimum Gasteiger partial charge on any atom is -0.313 e. The van der Waals surface area contributed by atoms with Gasteiger partial charge in [-0.1, -0.05) is 12.5 Å². The minimum absolute atomic E-state index is 0.932. The van der Waals surface area contributed by atoms with Crippen molar-refractivity contribution < 1.29 is 0 Å². The van der Waals surface area contributed by atoms with Crippen molar-refractivity contribution in [2.24, 2.45) is 7.05 Å². The van der Waals surface area contributed by atoms with Gasteiger partial charge in [0, 0.05) is 24.8 Å². The number of nitrogens with one attached hydrogen (secondary N) is 1. The maximum atomic E-state index is 4.22. The molecule has 0 saturated heterocycles. The average Bonchev–Trinajstić information content (AvgIpc) is 2.59. The third-order valence-electron chi connectivity index (χ3n) is 2.91. The zero-order valence-electron chi connectivity index (χ0n) is 10.5. The summed E-state index contributed by atoms with van der Waals surface area (Å²) in [6, 6.07) is 0. The molecule has 0 aromatic carbocycles. The molecule has 1 rings (SSSR count). The van der Waals surface area contributed by atoms with Crippen LogP contribution in [0.15, 0.2) is 18.9 Å². The van der Waals surface area contributed by atoms with Gasteiger partial charge in [0.15, 0.2) is 0 Å². The quantitative estimate of drug-likeness (QED) is 0.540. The van der Waals surface area contributed by atoms with Crippen molar-refractivity contribution in [3.05, 3.63) is 30.1 Å². The molecule has 1 N–H and O–H groups in total. The molecule has 0 radical (unpaired) electrons. The summed E-state index contributed by atoms with van der Waals surface area (Å²) in [7, 11) is 1.98. The van der Waals surface area contributed by atoms with E-state index in [1.165, 1.54) is 30.5 Å². The van der Waals surface area contributed by atoms with Gasteiger partial charge in [-0.3, -0.25) is 4.68 Å². The van der Waals surface area contributed by atoms with E-state index >= 15 is 0 Å². The second-order valence-corrected chi connectivity index (χ2v) is 4.19. The largest absolute Gasteiger partial charge is 0.313 e. The number of nitrogens with zero attached hydrogens (tertiary/aromatic N) is 2. The van der Waals surface area contributed by atoms with Gasteiger partial charge >= 0.3 is 0 Å². The molecule has 0 unspecified atom stereocenters. The number of rotatable bonds is 8. The Morgan fingerprint density at radius 3 is 2.88 bits per heavy atom. The highest BCUT2D eigenvalue weighted by molar-refractivity contribution is 5.15. The molecule has 1 aromatic heterocycles. The van der Waals surface area contributed by atoms with E-state index in [0.29, 0.717) is 0 Å². The van der Waals surface area contributed by atoms with E-state index in [0.717, 1.165) is 19.5 Å². The third-order valence-corrected chi connectivity index (χ3v) is 2.91. The van der Waals surface area contributed by atoms with E-state index in [-0.39, 0.29) is 0 Å². The Bertz CT molecular complexity index is 315. The first-order chi connectivity index (χ1) is 7.75. The van der Waals surface area contributed by atoms with E-state index in [2.05, 4.69) is 23.9 Å². The molecule has 0 atom stereocenters. The first-order valence-corrected chi connectivity index (χ1v) is 6.04. The van der Waals surface area contributed by atoms with Crippen LogP contribution in [0.1, 0.15) is 36.9 Å². The van der Waals surface area contributed by atoms with Gasteiger partial charge in [0.1, 0.15) is 0 Å². The molecule has 0 aliphatic rings. The van der Waals surface area contributed by atoms with Crippen LogP contribution < -0.4 is 5.32 Å². The van der Waals surface area contributed by atoms with Gasteiger partial charge in [-0.15, -0.1) is 6.58 Å². The normalized spacial score (nSPS) is 10.6. The van der Waals surface area contributed by atoms with Gasteiger partial charge in [-0.2, -0.15) is 5.10 Å². The zero-order valence-corrected chi connectivity index (χ0v) is 10.5. The van der Waals surface area contributed by atoms with E-state index in [1.54, 1.807) is 0 Å². The lowest BCUT2D eigenvalue weighted by Crippen LogP contribution is -2.15. The number of unbranched alkanes of at least 4 members (excludes halogenated alkanes) is 3. The lowest BCUT2D eigenvalue weighted by atomic mass is 10.2. The fourth-order valence-electron chi connectivity index (χ4n) is 1.66. The van der Waals surface area contributed by atoms with Crippen molar-refractivity contribution in [2.75, 3.05) is 6.54 Å². The van der Waals surface area contributed by atoms with Crippen LogP contribution in [0, 0.1) is 6.92 Å². The molecule has 0 aliphatic heterocycles. The fourth-order valence-corrected chi connectivity index (χ4v) is 1.66. The van der Waals surface area contributed by atoms with E-state index in [9.17, 15) is 0 Å². The number of hydrogen-bond acceptors (Lipinski definition) is 2. The Balaban J connectivity index is 2.07. The van der Waals surface area contributed by atoms with Crippen molar-refractivity contribution in [1.29, 1.82) is 0 Å². The van der Waals surface area contributed by atoms with Crippen molar-refractivity contribution in [3.63, 3.8) is 0 Å². The average molecular weight is 221 g/mol. The Kier molecular flexibility index (Phi) is 5.86. The predicted molar refractivity (Wildman–Crippen MR) is 68.3 cm³/mol. The summed E-state index contributed by atoms with van der Waals surface area (Å²) in [5.74, 6) is 0. The molecule has 0 aliphatic carbocycles. The van der Waals surface area contributed by atoms with E-state index in [1.807, 2.05) is 24.0 Å². The molecule has 90 valence electrons. The summed E-state index contributed by atoms with van der Waals surface area (Å²) in [4.78, 5) is 0. The zero-order chi connectivity index (χ0) is 11.8. The first kappa shape index (κ1) is 13.0. The van der Waals surface area contributed by atoms with Gasteiger partial charge in [0.25, 0.3) is 0 Å². The molecule has 0 fully saturated rings. The molecule has 3 heteroatoms. The summed E-state index contributed by atoms with van der Waals surface area (Å²) in [5.41, 5.74) is 2.55. The molecule has 1 aromatic rings. The van der Waals surface area contributed by atoms with Gasteiger partial charge in [0.2, 0.25) is 0 Å². The number of hydrogen-bond donors (Lipinski definition) is 1. The molecule has 0 bridgehead atoms. The number of aryl methyl sites for hydroxylation is 1. The highest BCUT2D eigenvalue weighted by Gasteiger charge is 2.01. The van der Waals surface area contributed by atoms with Gasteiger partial charge in [0.05, 0.1) is 6.20 Å². The molecule has 1 heterocycles. The van der Waals surface area contributed by atoms with Crippen molar-refractivity contribution in [3.8, 4) is 0 Å². The van der Waals surface area contributed by atoms with Gasteiger partial charge in [-0.05, 0) is 32.7 Å². The van der Waals surface area contributed by atoms with E-state index in [4.69, 9.17) is 0 Å². The third kappa shape index (κ3) is 4.19. The summed E-state index contributed by atoms with van der Waals surface area (Å²) in [6.45, 7) is 7.85. The highest BCUT2D eigenvalue weighted by Crippen LogP contribution is 2.05. The van der Waals surface area contributed by atoms with Crippen molar-refractivity contribution in [2.45, 2.75) is 39.2 Å². The topological polar surface area (TPSA) is 29.9 Å². The van der Waals surface area contributed by atoms with Crippen LogP contribution >= 0.6 is 0 Å². The Labute approximate surface area is 98.5 Å². The summed E-state index contributed by atoms with van der Waals surface area (Å²) in [6.07, 6.45) is 8.86. The monoisotopic (exact) mass is 221 g/mol. The van der Waals surface area contributed by atoms with E-state index < -0.39 is 0 Å². The first-order valence-electron chi connectivity index (χ1n) is 6.04. The second kappa shape index (κ2) is 7.23. The number of allylic oxidation sites excluding steroid dienone is 1. The summed E-state index contributed by atoms with van der Waals surface area (Å²) >= 11 is 0. The molecule has 16 heavy (non-hydrogen) atoms. The Hall–Kier alpha value is -1.09. The standard InChI is InChI=1S/C13H23N3/c1-4-5-6-7-8-9-14-10-13-11-15-16(3)12(13)2/h4,11,14H,1,5-10H2,2-3H3. The number of aromatic nitrogens is 2. The molecular formula is C13H23N3. The van der Waals surface area contributed by atoms with Crippen LogP contribution in [0.4, 0.5) is 0 Å². The van der Waals surface area contributed by atoms with Crippen molar-refractivity contribution in [1.82, 2.24) is 15.1 Å². The molecule has 0 spiro atoms. The maximum Gasteiger partial charge on any atom is 0.0537 e. The predicted octanol–water partition coefficient (Wildman–Crippen LogP) is 2.56. The SMILES string of the molecule is C=CCCCCCNCc1cnn(C)c1C. The smallest absolute Gasteiger partial charge is 0.0537 e. The second-order valence-electron chi connectivity index (χ2n) is 4.19. The molecule has 0 amide bonds. The van der Waals surface area contributed by atoms with Crippen LogP contribution in [0.25, 0.3) is 0 Å². The Morgan fingerprint density at radius 2 is 2.25 bits per heavy atom. The fraction of sp³-hybridized carbons (Fsp3) is 0.615. The lowest BCUT2D eigenvalue weighted by Gasteiger charge is -2.04. The minimum atomic E-state index is 0.932. The van der Waals surface area contributed by atoms with Gasteiger partial charge < -0.3 is 5.32 Å². The summed E-state index contributed by atoms with van der Waals surface area (Å²) in [5, 5.41) is 7.67. The van der Waals surface area contributed by atoms with Gasteiger partial charge in [-0.25, -0.2) is 0 Å². The Morgan fingerprint density at radius 1 is 1.44 bits per heavy atom. The van der Waals surface area contributed by atoms with Crippen LogP contribution in [0.3, 0.4) is 0 Å². The maximum absolute atomic E-state index is 4.22. The van der Waals surface area contributed by atoms with Crippen LogP contribution in [0.2, 0.25) is 0 Å². The molecular weight excluding hydrogens is 198 g/mol. The molecule has 0 saturated carbocycles.